The Morgan fingerprint density at radius 3 is 2.28 bits per heavy atom. The van der Waals surface area contributed by atoms with Gasteiger partial charge in [0.05, 0.1) is 33.0 Å². The molecule has 0 unspecified atom stereocenters. The highest BCUT2D eigenvalue weighted by molar-refractivity contribution is 6.01. The number of hydrogen-bond donors (Lipinski definition) is 2. The molecule has 0 radical (unpaired) electrons. The number of carbonyl (C=O) groups excluding carboxylic acids is 1. The zero-order valence-corrected chi connectivity index (χ0v) is 16.8. The van der Waals surface area contributed by atoms with E-state index in [1.807, 2.05) is 6.92 Å². The zero-order valence-electron chi connectivity index (χ0n) is 16.8. The lowest BCUT2D eigenvalue weighted by Crippen LogP contribution is -2.19. The number of carbonyl (C=O) groups is 2. The fourth-order valence-corrected chi connectivity index (χ4v) is 2.65. The Morgan fingerprint density at radius 1 is 1.00 bits per heavy atom. The summed E-state index contributed by atoms with van der Waals surface area (Å²) in [6.45, 7) is 4.06. The summed E-state index contributed by atoms with van der Waals surface area (Å²) in [4.78, 5) is 23.5. The number of ether oxygens (including phenoxy) is 3. The van der Waals surface area contributed by atoms with Gasteiger partial charge in [0.15, 0.2) is 11.5 Å². The molecule has 8 nitrogen and oxygen atoms in total. The van der Waals surface area contributed by atoms with E-state index in [9.17, 15) is 9.59 Å². The van der Waals surface area contributed by atoms with Gasteiger partial charge in [-0.15, -0.1) is 0 Å². The van der Waals surface area contributed by atoms with Gasteiger partial charge in [0, 0.05) is 11.1 Å². The third-order valence-electron chi connectivity index (χ3n) is 4.09. The summed E-state index contributed by atoms with van der Waals surface area (Å²) in [7, 11) is 2.98. The van der Waals surface area contributed by atoms with Crippen LogP contribution >= 0.6 is 0 Å². The van der Waals surface area contributed by atoms with Crippen LogP contribution in [0.2, 0.25) is 0 Å². The van der Waals surface area contributed by atoms with E-state index in [4.69, 9.17) is 19.3 Å². The van der Waals surface area contributed by atoms with Crippen molar-refractivity contribution in [3.05, 3.63) is 53.1 Å². The first-order valence-electron chi connectivity index (χ1n) is 8.94. The number of hydrogen-bond acceptors (Lipinski definition) is 6. The fraction of sp³-hybridized carbons (Fsp3) is 0.286. The summed E-state index contributed by atoms with van der Waals surface area (Å²) in [6.07, 6.45) is -0.178. The highest BCUT2D eigenvalue weighted by Crippen LogP contribution is 2.28. The van der Waals surface area contributed by atoms with Gasteiger partial charge in [0.2, 0.25) is 0 Å². The van der Waals surface area contributed by atoms with E-state index in [1.54, 1.807) is 43.3 Å². The molecule has 0 atom stereocenters. The maximum absolute atomic E-state index is 12.4. The van der Waals surface area contributed by atoms with Crippen LogP contribution < -0.4 is 19.6 Å². The van der Waals surface area contributed by atoms with E-state index >= 15 is 0 Å². The largest absolute Gasteiger partial charge is 0.496 e. The number of hydrazone groups is 1. The average Bonchev–Trinajstić information content (AvgIpc) is 2.71. The maximum Gasteiger partial charge on any atom is 0.307 e. The first-order valence-corrected chi connectivity index (χ1v) is 8.94. The lowest BCUT2D eigenvalue weighted by atomic mass is 10.0. The molecule has 2 N–H and O–H groups in total. The molecule has 0 saturated carbocycles. The number of nitrogens with one attached hydrogen (secondary N) is 1. The minimum atomic E-state index is -0.965. The minimum absolute atomic E-state index is 0.178. The smallest absolute Gasteiger partial charge is 0.307 e. The van der Waals surface area contributed by atoms with Crippen molar-refractivity contribution in [3.63, 3.8) is 0 Å². The molecule has 2 aromatic carbocycles. The van der Waals surface area contributed by atoms with Crippen LogP contribution in [0.4, 0.5) is 0 Å². The summed E-state index contributed by atoms with van der Waals surface area (Å²) in [5.41, 5.74) is 4.57. The Bertz CT molecular complexity index is 923. The summed E-state index contributed by atoms with van der Waals surface area (Å²) >= 11 is 0. The maximum atomic E-state index is 12.4. The van der Waals surface area contributed by atoms with Crippen molar-refractivity contribution >= 4 is 17.6 Å². The number of amides is 1. The molecule has 0 aliphatic heterocycles. The molecule has 2 rings (SSSR count). The van der Waals surface area contributed by atoms with Crippen LogP contribution in [0.1, 0.15) is 35.3 Å². The normalized spacial score (nSPS) is 11.0. The van der Waals surface area contributed by atoms with Gasteiger partial charge in [-0.3, -0.25) is 9.59 Å². The highest BCUT2D eigenvalue weighted by Gasteiger charge is 2.12. The molecule has 1 amide bonds. The number of carboxylic acids is 1. The third kappa shape index (κ3) is 5.71. The van der Waals surface area contributed by atoms with E-state index in [2.05, 4.69) is 10.5 Å². The first kappa shape index (κ1) is 21.7. The van der Waals surface area contributed by atoms with Crippen molar-refractivity contribution in [1.29, 1.82) is 0 Å². The molecule has 2 aromatic rings. The molecule has 0 saturated heterocycles. The van der Waals surface area contributed by atoms with Gasteiger partial charge in [-0.05, 0) is 55.8 Å². The van der Waals surface area contributed by atoms with E-state index in [0.29, 0.717) is 46.3 Å². The van der Waals surface area contributed by atoms with Crippen molar-refractivity contribution in [2.24, 2.45) is 5.10 Å². The summed E-state index contributed by atoms with van der Waals surface area (Å²) in [5.74, 6) is 0.108. The van der Waals surface area contributed by atoms with Gasteiger partial charge >= 0.3 is 5.97 Å². The molecule has 0 aliphatic carbocycles. The minimum Gasteiger partial charge on any atom is -0.496 e. The van der Waals surface area contributed by atoms with Crippen molar-refractivity contribution in [2.75, 3.05) is 20.8 Å². The summed E-state index contributed by atoms with van der Waals surface area (Å²) in [6, 6.07) is 9.95. The molecule has 29 heavy (non-hydrogen) atoms. The van der Waals surface area contributed by atoms with Crippen molar-refractivity contribution in [3.8, 4) is 17.2 Å². The van der Waals surface area contributed by atoms with Crippen LogP contribution in [0.3, 0.4) is 0 Å². The Balaban J connectivity index is 2.18. The fourth-order valence-electron chi connectivity index (χ4n) is 2.65. The molecule has 0 spiro atoms. The van der Waals surface area contributed by atoms with Crippen LogP contribution in [0, 0.1) is 0 Å². The Hall–Kier alpha value is -3.55. The van der Waals surface area contributed by atoms with Gasteiger partial charge in [-0.2, -0.15) is 5.10 Å². The quantitative estimate of drug-likeness (QED) is 0.495. The third-order valence-corrected chi connectivity index (χ3v) is 4.09. The lowest BCUT2D eigenvalue weighted by Gasteiger charge is -2.11. The molecule has 0 aliphatic rings. The number of aliphatic carboxylic acids is 1. The number of methoxy groups -OCH3 is 2. The van der Waals surface area contributed by atoms with Gasteiger partial charge in [0.1, 0.15) is 5.75 Å². The topological polar surface area (TPSA) is 106 Å². The van der Waals surface area contributed by atoms with E-state index < -0.39 is 11.9 Å². The Morgan fingerprint density at radius 2 is 1.66 bits per heavy atom. The molecule has 8 heteroatoms. The predicted octanol–water partition coefficient (Wildman–Crippen LogP) is 2.88. The highest BCUT2D eigenvalue weighted by atomic mass is 16.5. The molecular weight excluding hydrogens is 376 g/mol. The molecule has 0 bridgehead atoms. The standard InChI is InChI=1S/C21H24N2O6/c1-5-29-18-9-7-15(11-19(18)28-4)21(26)23-22-13(2)14-6-8-17(27-3)16(10-14)12-20(24)25/h6-11H,5,12H2,1-4H3,(H,23,26)(H,24,25)/b22-13-. The summed E-state index contributed by atoms with van der Waals surface area (Å²) in [5, 5.41) is 13.2. The lowest BCUT2D eigenvalue weighted by molar-refractivity contribution is -0.136. The van der Waals surface area contributed by atoms with Gasteiger partial charge in [-0.25, -0.2) is 5.43 Å². The molecular formula is C21H24N2O6. The second kappa shape index (κ2) is 10.1. The van der Waals surface area contributed by atoms with Crippen LogP contribution in [0.5, 0.6) is 17.2 Å². The van der Waals surface area contributed by atoms with Crippen molar-refractivity contribution < 1.29 is 28.9 Å². The number of benzene rings is 2. The molecule has 0 aromatic heterocycles. The zero-order chi connectivity index (χ0) is 21.4. The second-order valence-corrected chi connectivity index (χ2v) is 6.03. The number of rotatable bonds is 9. The number of nitrogens with zero attached hydrogens (tertiary/aromatic N) is 1. The number of carboxylic acid groups (broad SMARTS) is 1. The second-order valence-electron chi connectivity index (χ2n) is 6.03. The average molecular weight is 400 g/mol. The van der Waals surface area contributed by atoms with Crippen molar-refractivity contribution in [1.82, 2.24) is 5.43 Å². The van der Waals surface area contributed by atoms with Crippen molar-refractivity contribution in [2.45, 2.75) is 20.3 Å². The van der Waals surface area contributed by atoms with Gasteiger partial charge in [0.25, 0.3) is 5.91 Å². The van der Waals surface area contributed by atoms with Crippen LogP contribution in [-0.4, -0.2) is 43.5 Å². The molecule has 154 valence electrons. The van der Waals surface area contributed by atoms with E-state index in [0.717, 1.165) is 0 Å². The summed E-state index contributed by atoms with van der Waals surface area (Å²) < 4.78 is 15.9. The van der Waals surface area contributed by atoms with E-state index in [1.165, 1.54) is 14.2 Å². The van der Waals surface area contributed by atoms with Gasteiger partial charge in [-0.1, -0.05) is 0 Å². The van der Waals surface area contributed by atoms with E-state index in [-0.39, 0.29) is 6.42 Å². The molecule has 0 fully saturated rings. The van der Waals surface area contributed by atoms with Crippen LogP contribution in [0.15, 0.2) is 41.5 Å². The SMILES string of the molecule is CCOc1ccc(C(=O)N/N=C(/C)c2ccc(OC)c(CC(=O)O)c2)cc1OC. The first-order chi connectivity index (χ1) is 13.9. The Labute approximate surface area is 169 Å². The van der Waals surface area contributed by atoms with Crippen LogP contribution in [-0.2, 0) is 11.2 Å². The van der Waals surface area contributed by atoms with Crippen LogP contribution in [0.25, 0.3) is 0 Å². The predicted molar refractivity (Wildman–Crippen MR) is 108 cm³/mol. The Kier molecular flexibility index (Phi) is 7.59. The monoisotopic (exact) mass is 400 g/mol. The van der Waals surface area contributed by atoms with Gasteiger partial charge < -0.3 is 19.3 Å². The molecule has 0 heterocycles.